The number of benzene rings is 3. The summed E-state index contributed by atoms with van der Waals surface area (Å²) in [5, 5.41) is 4.00. The maximum absolute atomic E-state index is 13.4. The SMILES string of the molecule is COc1ccc(CCNC(=O)CSc2nc3ccccc3c(=O)n2-c2ccc(C)c(C)c2)cc1. The minimum atomic E-state index is -0.142. The van der Waals surface area contributed by atoms with Crippen LogP contribution in [0.3, 0.4) is 0 Å². The zero-order chi connectivity index (χ0) is 24.1. The quantitative estimate of drug-likeness (QED) is 0.302. The van der Waals surface area contributed by atoms with Gasteiger partial charge in [0.1, 0.15) is 5.75 Å². The molecule has 0 aliphatic carbocycles. The van der Waals surface area contributed by atoms with Crippen molar-refractivity contribution in [2.75, 3.05) is 19.4 Å². The van der Waals surface area contributed by atoms with E-state index < -0.39 is 0 Å². The monoisotopic (exact) mass is 473 g/mol. The first-order valence-corrected chi connectivity index (χ1v) is 12.1. The number of hydrogen-bond donors (Lipinski definition) is 1. The number of methoxy groups -OCH3 is 1. The molecule has 0 aliphatic heterocycles. The van der Waals surface area contributed by atoms with Gasteiger partial charge in [-0.1, -0.05) is 42.1 Å². The highest BCUT2D eigenvalue weighted by Gasteiger charge is 2.15. The zero-order valence-electron chi connectivity index (χ0n) is 19.5. The lowest BCUT2D eigenvalue weighted by atomic mass is 10.1. The fourth-order valence-electron chi connectivity index (χ4n) is 3.62. The number of ether oxygens (including phenoxy) is 1. The average Bonchev–Trinajstić information content (AvgIpc) is 2.85. The molecule has 0 saturated heterocycles. The van der Waals surface area contributed by atoms with E-state index >= 15 is 0 Å². The second kappa shape index (κ2) is 10.6. The smallest absolute Gasteiger partial charge is 0.266 e. The molecule has 0 fully saturated rings. The topological polar surface area (TPSA) is 73.2 Å². The van der Waals surface area contributed by atoms with Crippen molar-refractivity contribution in [2.45, 2.75) is 25.4 Å². The van der Waals surface area contributed by atoms with E-state index in [0.717, 1.165) is 34.5 Å². The first-order chi connectivity index (χ1) is 16.5. The minimum Gasteiger partial charge on any atom is -0.497 e. The van der Waals surface area contributed by atoms with Crippen molar-refractivity contribution in [3.63, 3.8) is 0 Å². The Morgan fingerprint density at radius 3 is 2.53 bits per heavy atom. The van der Waals surface area contributed by atoms with E-state index in [2.05, 4.69) is 5.32 Å². The maximum Gasteiger partial charge on any atom is 0.266 e. The van der Waals surface area contributed by atoms with Crippen LogP contribution in [0.15, 0.2) is 76.7 Å². The van der Waals surface area contributed by atoms with Gasteiger partial charge in [0.2, 0.25) is 5.91 Å². The Hall–Kier alpha value is -3.58. The van der Waals surface area contributed by atoms with Gasteiger partial charge in [0.05, 0.1) is 29.5 Å². The van der Waals surface area contributed by atoms with Crippen LogP contribution in [0.4, 0.5) is 0 Å². The van der Waals surface area contributed by atoms with E-state index in [0.29, 0.717) is 22.6 Å². The van der Waals surface area contributed by atoms with Gasteiger partial charge in [-0.15, -0.1) is 0 Å². The summed E-state index contributed by atoms with van der Waals surface area (Å²) in [5.41, 5.74) is 4.58. The summed E-state index contributed by atoms with van der Waals surface area (Å²) < 4.78 is 6.77. The molecule has 0 saturated carbocycles. The molecular formula is C27H27N3O3S. The Kier molecular flexibility index (Phi) is 7.33. The molecule has 0 spiro atoms. The Morgan fingerprint density at radius 2 is 1.79 bits per heavy atom. The van der Waals surface area contributed by atoms with Crippen molar-refractivity contribution in [3.8, 4) is 11.4 Å². The standard InChI is InChI=1S/C27H27N3O3S/c1-18-8-11-21(16-19(18)2)30-26(32)23-6-4-5-7-24(23)29-27(30)34-17-25(31)28-15-14-20-9-12-22(33-3)13-10-20/h4-13,16H,14-15,17H2,1-3H3,(H,28,31). The van der Waals surface area contributed by atoms with Gasteiger partial charge in [-0.25, -0.2) is 4.98 Å². The van der Waals surface area contributed by atoms with E-state index in [9.17, 15) is 9.59 Å². The van der Waals surface area contributed by atoms with Crippen LogP contribution in [0.5, 0.6) is 5.75 Å². The molecule has 1 aromatic heterocycles. The van der Waals surface area contributed by atoms with E-state index in [4.69, 9.17) is 9.72 Å². The predicted molar refractivity (Wildman–Crippen MR) is 137 cm³/mol. The molecule has 4 rings (SSSR count). The summed E-state index contributed by atoms with van der Waals surface area (Å²) in [6, 6.07) is 21.0. The van der Waals surface area contributed by atoms with Crippen LogP contribution in [0, 0.1) is 13.8 Å². The zero-order valence-corrected chi connectivity index (χ0v) is 20.3. The van der Waals surface area contributed by atoms with Crippen molar-refractivity contribution in [1.82, 2.24) is 14.9 Å². The summed E-state index contributed by atoms with van der Waals surface area (Å²) in [5.74, 6) is 0.868. The second-order valence-electron chi connectivity index (χ2n) is 8.06. The molecular weight excluding hydrogens is 446 g/mol. The highest BCUT2D eigenvalue weighted by Crippen LogP contribution is 2.22. The van der Waals surface area contributed by atoms with E-state index in [1.54, 1.807) is 17.7 Å². The highest BCUT2D eigenvalue weighted by atomic mass is 32.2. The molecule has 0 bridgehead atoms. The largest absolute Gasteiger partial charge is 0.497 e. The number of aromatic nitrogens is 2. The van der Waals surface area contributed by atoms with E-state index in [1.165, 1.54) is 11.8 Å². The van der Waals surface area contributed by atoms with Gasteiger partial charge in [0.25, 0.3) is 5.56 Å². The molecule has 174 valence electrons. The number of aryl methyl sites for hydroxylation is 2. The van der Waals surface area contributed by atoms with E-state index in [-0.39, 0.29) is 17.2 Å². The summed E-state index contributed by atoms with van der Waals surface area (Å²) >= 11 is 1.26. The first kappa shape index (κ1) is 23.6. The Bertz CT molecular complexity index is 1380. The van der Waals surface area contributed by atoms with Gasteiger partial charge < -0.3 is 10.1 Å². The number of para-hydroxylation sites is 1. The van der Waals surface area contributed by atoms with Crippen molar-refractivity contribution in [1.29, 1.82) is 0 Å². The first-order valence-electron chi connectivity index (χ1n) is 11.1. The minimum absolute atomic E-state index is 0.104. The van der Waals surface area contributed by atoms with Gasteiger partial charge >= 0.3 is 0 Å². The molecule has 1 amide bonds. The fraction of sp³-hybridized carbons (Fsp3) is 0.222. The van der Waals surface area contributed by atoms with Gasteiger partial charge in [-0.2, -0.15) is 0 Å². The average molecular weight is 474 g/mol. The molecule has 6 nitrogen and oxygen atoms in total. The van der Waals surface area contributed by atoms with Crippen LogP contribution in [-0.4, -0.2) is 34.9 Å². The third-order valence-electron chi connectivity index (χ3n) is 5.72. The van der Waals surface area contributed by atoms with Gasteiger partial charge in [-0.3, -0.25) is 14.2 Å². The molecule has 3 aromatic carbocycles. The van der Waals surface area contributed by atoms with Crippen molar-refractivity contribution in [3.05, 3.63) is 93.8 Å². The summed E-state index contributed by atoms with van der Waals surface area (Å²) in [4.78, 5) is 30.6. The normalized spacial score (nSPS) is 10.9. The number of hydrogen-bond acceptors (Lipinski definition) is 5. The number of thioether (sulfide) groups is 1. The summed E-state index contributed by atoms with van der Waals surface area (Å²) in [7, 11) is 1.64. The lowest BCUT2D eigenvalue weighted by molar-refractivity contribution is -0.118. The number of carbonyl (C=O) groups is 1. The molecule has 0 radical (unpaired) electrons. The van der Waals surface area contributed by atoms with Crippen molar-refractivity contribution < 1.29 is 9.53 Å². The third-order valence-corrected chi connectivity index (χ3v) is 6.66. The molecule has 0 atom stereocenters. The Morgan fingerprint density at radius 1 is 1.03 bits per heavy atom. The maximum atomic E-state index is 13.4. The number of carbonyl (C=O) groups excluding carboxylic acids is 1. The molecule has 4 aromatic rings. The summed E-state index contributed by atoms with van der Waals surface area (Å²) in [6.07, 6.45) is 0.724. The second-order valence-corrected chi connectivity index (χ2v) is 9.00. The molecule has 7 heteroatoms. The number of fused-ring (bicyclic) bond motifs is 1. The highest BCUT2D eigenvalue weighted by molar-refractivity contribution is 7.99. The third kappa shape index (κ3) is 5.31. The van der Waals surface area contributed by atoms with Gasteiger partial charge in [0.15, 0.2) is 5.16 Å². The van der Waals surface area contributed by atoms with Crippen LogP contribution in [0.2, 0.25) is 0 Å². The van der Waals surface area contributed by atoms with Gasteiger partial charge in [0, 0.05) is 6.54 Å². The number of nitrogens with zero attached hydrogens (tertiary/aromatic N) is 2. The van der Waals surface area contributed by atoms with Crippen molar-refractivity contribution in [2.24, 2.45) is 0 Å². The molecule has 34 heavy (non-hydrogen) atoms. The van der Waals surface area contributed by atoms with Crippen molar-refractivity contribution >= 4 is 28.6 Å². The van der Waals surface area contributed by atoms with Crippen LogP contribution in [0.25, 0.3) is 16.6 Å². The Balaban J connectivity index is 1.50. The number of rotatable bonds is 8. The van der Waals surface area contributed by atoms with Gasteiger partial charge in [-0.05, 0) is 73.4 Å². The molecule has 0 aliphatic rings. The molecule has 1 heterocycles. The lowest BCUT2D eigenvalue weighted by Gasteiger charge is -2.14. The summed E-state index contributed by atoms with van der Waals surface area (Å²) in [6.45, 7) is 4.58. The number of nitrogens with one attached hydrogen (secondary N) is 1. The number of amides is 1. The van der Waals surface area contributed by atoms with Crippen LogP contribution in [-0.2, 0) is 11.2 Å². The van der Waals surface area contributed by atoms with Crippen LogP contribution >= 0.6 is 11.8 Å². The lowest BCUT2D eigenvalue weighted by Crippen LogP contribution is -2.28. The Labute approximate surface area is 203 Å². The molecule has 1 N–H and O–H groups in total. The van der Waals surface area contributed by atoms with E-state index in [1.807, 2.05) is 74.5 Å². The fourth-order valence-corrected chi connectivity index (χ4v) is 4.46. The van der Waals surface area contributed by atoms with Crippen LogP contribution in [0.1, 0.15) is 16.7 Å². The molecule has 0 unspecified atom stereocenters. The predicted octanol–water partition coefficient (Wildman–Crippen LogP) is 4.46. The van der Waals surface area contributed by atoms with Crippen LogP contribution < -0.4 is 15.6 Å².